The van der Waals surface area contributed by atoms with Gasteiger partial charge in [0, 0.05) is 23.3 Å². The minimum absolute atomic E-state index is 0.0439. The molecule has 0 bridgehead atoms. The second-order valence-corrected chi connectivity index (χ2v) is 5.14. The van der Waals surface area contributed by atoms with E-state index in [4.69, 9.17) is 0 Å². The lowest BCUT2D eigenvalue weighted by molar-refractivity contribution is 0.0950. The van der Waals surface area contributed by atoms with E-state index in [9.17, 15) is 4.79 Å². The third kappa shape index (κ3) is 2.24. The first kappa shape index (κ1) is 11.9. The third-order valence-electron chi connectivity index (χ3n) is 3.04. The summed E-state index contributed by atoms with van der Waals surface area (Å²) < 4.78 is 1.99. The molecule has 0 saturated heterocycles. The Morgan fingerprint density at radius 2 is 2.26 bits per heavy atom. The van der Waals surface area contributed by atoms with Crippen LogP contribution in [-0.2, 0) is 6.54 Å². The van der Waals surface area contributed by atoms with Crippen LogP contribution in [0.3, 0.4) is 0 Å². The van der Waals surface area contributed by atoms with Crippen LogP contribution in [0, 0.1) is 6.92 Å². The van der Waals surface area contributed by atoms with E-state index in [-0.39, 0.29) is 5.91 Å². The molecule has 0 aliphatic carbocycles. The number of thiazole rings is 1. The van der Waals surface area contributed by atoms with Crippen molar-refractivity contribution in [3.05, 3.63) is 58.9 Å². The smallest absolute Gasteiger partial charge is 0.251 e. The Hall–Kier alpha value is -2.14. The van der Waals surface area contributed by atoms with Gasteiger partial charge < -0.3 is 5.32 Å². The monoisotopic (exact) mass is 271 g/mol. The molecule has 3 rings (SSSR count). The van der Waals surface area contributed by atoms with E-state index in [0.717, 1.165) is 21.8 Å². The zero-order chi connectivity index (χ0) is 13.2. The van der Waals surface area contributed by atoms with Crippen LogP contribution in [0.1, 0.15) is 21.6 Å². The number of amides is 1. The summed E-state index contributed by atoms with van der Waals surface area (Å²) >= 11 is 1.57. The molecule has 0 radical (unpaired) electrons. The van der Waals surface area contributed by atoms with Crippen LogP contribution in [0.15, 0.2) is 42.0 Å². The van der Waals surface area contributed by atoms with Gasteiger partial charge in [0.05, 0.1) is 12.2 Å². The van der Waals surface area contributed by atoms with Crippen LogP contribution in [0.5, 0.6) is 0 Å². The first-order chi connectivity index (χ1) is 9.25. The molecule has 0 unspecified atom stereocenters. The van der Waals surface area contributed by atoms with E-state index in [1.807, 2.05) is 47.2 Å². The molecule has 2 heterocycles. The van der Waals surface area contributed by atoms with Gasteiger partial charge >= 0.3 is 0 Å². The van der Waals surface area contributed by atoms with Crippen molar-refractivity contribution in [2.24, 2.45) is 0 Å². The molecule has 0 atom stereocenters. The lowest BCUT2D eigenvalue weighted by Crippen LogP contribution is -2.24. The molecular formula is C14H13N3OS. The number of rotatable bonds is 3. The molecule has 1 N–H and O–H groups in total. The quantitative estimate of drug-likeness (QED) is 0.796. The van der Waals surface area contributed by atoms with Crippen molar-refractivity contribution < 1.29 is 4.79 Å². The highest BCUT2D eigenvalue weighted by Gasteiger charge is 2.09. The molecule has 19 heavy (non-hydrogen) atoms. The molecule has 1 amide bonds. The van der Waals surface area contributed by atoms with Gasteiger partial charge in [-0.2, -0.15) is 0 Å². The van der Waals surface area contributed by atoms with E-state index in [0.29, 0.717) is 6.54 Å². The van der Waals surface area contributed by atoms with Gasteiger partial charge in [-0.3, -0.25) is 9.20 Å². The van der Waals surface area contributed by atoms with Crippen LogP contribution in [0.4, 0.5) is 0 Å². The summed E-state index contributed by atoms with van der Waals surface area (Å²) in [5.74, 6) is -0.0439. The lowest BCUT2D eigenvalue weighted by atomic mass is 10.1. The Morgan fingerprint density at radius 3 is 3.11 bits per heavy atom. The Labute approximate surface area is 114 Å². The van der Waals surface area contributed by atoms with Crippen LogP contribution >= 0.6 is 11.3 Å². The van der Waals surface area contributed by atoms with Gasteiger partial charge in [-0.05, 0) is 18.6 Å². The molecule has 0 aliphatic rings. The van der Waals surface area contributed by atoms with Gasteiger partial charge in [0.2, 0.25) is 0 Å². The van der Waals surface area contributed by atoms with Crippen molar-refractivity contribution in [1.29, 1.82) is 0 Å². The molecular weight excluding hydrogens is 258 g/mol. The highest BCUT2D eigenvalue weighted by molar-refractivity contribution is 7.15. The molecule has 0 spiro atoms. The van der Waals surface area contributed by atoms with Gasteiger partial charge in [0.1, 0.15) is 0 Å². The van der Waals surface area contributed by atoms with E-state index in [2.05, 4.69) is 10.3 Å². The highest BCUT2D eigenvalue weighted by Crippen LogP contribution is 2.14. The summed E-state index contributed by atoms with van der Waals surface area (Å²) in [6.45, 7) is 2.44. The fourth-order valence-corrected chi connectivity index (χ4v) is 2.85. The topological polar surface area (TPSA) is 46.4 Å². The second-order valence-electron chi connectivity index (χ2n) is 4.30. The number of aromatic nitrogens is 2. The Morgan fingerprint density at radius 1 is 1.42 bits per heavy atom. The zero-order valence-corrected chi connectivity index (χ0v) is 11.3. The Kier molecular flexibility index (Phi) is 3.05. The fraction of sp³-hybridized carbons (Fsp3) is 0.143. The molecule has 4 nitrogen and oxygen atoms in total. The normalized spacial score (nSPS) is 10.8. The summed E-state index contributed by atoms with van der Waals surface area (Å²) in [6, 6.07) is 7.58. The lowest BCUT2D eigenvalue weighted by Gasteiger charge is -2.06. The summed E-state index contributed by atoms with van der Waals surface area (Å²) in [5, 5.41) is 4.96. The van der Waals surface area contributed by atoms with Crippen LogP contribution < -0.4 is 5.32 Å². The number of benzene rings is 1. The van der Waals surface area contributed by atoms with Crippen molar-refractivity contribution in [3.8, 4) is 0 Å². The first-order valence-corrected chi connectivity index (χ1v) is 6.87. The Balaban J connectivity index is 1.75. The predicted octanol–water partition coefficient (Wildman–Crippen LogP) is 2.63. The van der Waals surface area contributed by atoms with Crippen molar-refractivity contribution in [2.75, 3.05) is 0 Å². The highest BCUT2D eigenvalue weighted by atomic mass is 32.1. The summed E-state index contributed by atoms with van der Waals surface area (Å²) in [4.78, 5) is 17.3. The van der Waals surface area contributed by atoms with E-state index in [1.165, 1.54) is 0 Å². The average molecular weight is 271 g/mol. The van der Waals surface area contributed by atoms with Gasteiger partial charge in [-0.15, -0.1) is 11.3 Å². The predicted molar refractivity (Wildman–Crippen MR) is 75.4 cm³/mol. The zero-order valence-electron chi connectivity index (χ0n) is 10.5. The number of carbonyl (C=O) groups is 1. The largest absolute Gasteiger partial charge is 0.346 e. The van der Waals surface area contributed by atoms with Gasteiger partial charge in [-0.1, -0.05) is 18.2 Å². The van der Waals surface area contributed by atoms with Crippen molar-refractivity contribution in [2.45, 2.75) is 13.5 Å². The SMILES string of the molecule is Cc1ccccc1C(=O)NCc1csc2nccn12. The minimum Gasteiger partial charge on any atom is -0.346 e. The van der Waals surface area contributed by atoms with Gasteiger partial charge in [0.25, 0.3) is 5.91 Å². The maximum Gasteiger partial charge on any atom is 0.251 e. The summed E-state index contributed by atoms with van der Waals surface area (Å²) in [7, 11) is 0. The number of aryl methyl sites for hydroxylation is 1. The molecule has 0 aliphatic heterocycles. The fourth-order valence-electron chi connectivity index (χ4n) is 1.99. The summed E-state index contributed by atoms with van der Waals surface area (Å²) in [6.07, 6.45) is 3.67. The molecule has 3 aromatic rings. The minimum atomic E-state index is -0.0439. The Bertz CT molecular complexity index is 729. The van der Waals surface area contributed by atoms with Crippen molar-refractivity contribution in [1.82, 2.24) is 14.7 Å². The van der Waals surface area contributed by atoms with E-state index in [1.54, 1.807) is 17.5 Å². The molecule has 1 aromatic carbocycles. The van der Waals surface area contributed by atoms with Crippen LogP contribution in [0.25, 0.3) is 4.96 Å². The first-order valence-electron chi connectivity index (χ1n) is 5.99. The van der Waals surface area contributed by atoms with E-state index >= 15 is 0 Å². The molecule has 5 heteroatoms. The molecule has 96 valence electrons. The average Bonchev–Trinajstić information content (AvgIpc) is 3.00. The number of carbonyl (C=O) groups excluding carboxylic acids is 1. The third-order valence-corrected chi connectivity index (χ3v) is 3.94. The molecule has 0 saturated carbocycles. The van der Waals surface area contributed by atoms with Crippen molar-refractivity contribution in [3.63, 3.8) is 0 Å². The number of hydrogen-bond acceptors (Lipinski definition) is 3. The molecule has 2 aromatic heterocycles. The van der Waals surface area contributed by atoms with Gasteiger partial charge in [-0.25, -0.2) is 4.98 Å². The van der Waals surface area contributed by atoms with Crippen LogP contribution in [0.2, 0.25) is 0 Å². The second kappa shape index (κ2) is 4.85. The molecule has 0 fully saturated rings. The number of imidazole rings is 1. The maximum absolute atomic E-state index is 12.1. The van der Waals surface area contributed by atoms with Crippen molar-refractivity contribution >= 4 is 22.2 Å². The van der Waals surface area contributed by atoms with Gasteiger partial charge in [0.15, 0.2) is 4.96 Å². The van der Waals surface area contributed by atoms with E-state index < -0.39 is 0 Å². The van der Waals surface area contributed by atoms with Crippen LogP contribution in [-0.4, -0.2) is 15.3 Å². The number of fused-ring (bicyclic) bond motifs is 1. The maximum atomic E-state index is 12.1. The number of nitrogens with one attached hydrogen (secondary N) is 1. The standard InChI is InChI=1S/C14H13N3OS/c1-10-4-2-3-5-12(10)13(18)16-8-11-9-19-14-15-6-7-17(11)14/h2-7,9H,8H2,1H3,(H,16,18). The number of hydrogen-bond donors (Lipinski definition) is 1. The summed E-state index contributed by atoms with van der Waals surface area (Å²) in [5.41, 5.74) is 2.75. The number of nitrogens with zero attached hydrogens (tertiary/aromatic N) is 2.